The fourth-order valence-corrected chi connectivity index (χ4v) is 1.85. The van der Waals surface area contributed by atoms with Crippen molar-refractivity contribution >= 4 is 21.8 Å². The van der Waals surface area contributed by atoms with Crippen LogP contribution in [0.3, 0.4) is 0 Å². The summed E-state index contributed by atoms with van der Waals surface area (Å²) in [5.74, 6) is 0.152. The third-order valence-corrected chi connectivity index (χ3v) is 2.61. The quantitative estimate of drug-likeness (QED) is 0.718. The van der Waals surface area contributed by atoms with Crippen molar-refractivity contribution in [3.05, 3.63) is 0 Å². The Labute approximate surface area is 102 Å². The van der Waals surface area contributed by atoms with E-state index in [2.05, 4.69) is 27.8 Å². The summed E-state index contributed by atoms with van der Waals surface area (Å²) in [5, 5.41) is 0. The molecule has 0 heterocycles. The van der Waals surface area contributed by atoms with Crippen LogP contribution in [0.5, 0.6) is 0 Å². The average molecular weight is 279 g/mol. The second-order valence-electron chi connectivity index (χ2n) is 4.67. The van der Waals surface area contributed by atoms with Crippen molar-refractivity contribution in [1.82, 2.24) is 9.80 Å². The highest BCUT2D eigenvalue weighted by molar-refractivity contribution is 9.10. The molecular weight excluding hydrogens is 256 g/mol. The Balaban J connectivity index is 4.55. The maximum absolute atomic E-state index is 12.1. The molecule has 0 aromatic heterocycles. The lowest BCUT2D eigenvalue weighted by Gasteiger charge is -2.34. The summed E-state index contributed by atoms with van der Waals surface area (Å²) in [6.45, 7) is 9.52. The molecule has 0 rings (SSSR count). The minimum Gasteiger partial charge on any atom is -0.338 e. The van der Waals surface area contributed by atoms with Gasteiger partial charge >= 0.3 is 0 Å². The third kappa shape index (κ3) is 4.98. The highest BCUT2D eigenvalue weighted by atomic mass is 79.9. The minimum atomic E-state index is -0.469. The van der Waals surface area contributed by atoms with Crippen LogP contribution in [0.2, 0.25) is 0 Å². The summed E-state index contributed by atoms with van der Waals surface area (Å²) in [7, 11) is 4.04. The van der Waals surface area contributed by atoms with E-state index in [1.165, 1.54) is 0 Å². The standard InChI is InChI=1S/C11H23BrN2O/c1-7-14(9(2)8-13(5)6)10(15)11(3,4)12/h9H,7-8H2,1-6H3. The predicted molar refractivity (Wildman–Crippen MR) is 68.4 cm³/mol. The zero-order chi connectivity index (χ0) is 12.2. The van der Waals surface area contributed by atoms with Gasteiger partial charge in [0.15, 0.2) is 0 Å². The van der Waals surface area contributed by atoms with E-state index in [0.717, 1.165) is 13.1 Å². The van der Waals surface area contributed by atoms with Gasteiger partial charge in [-0.05, 0) is 41.8 Å². The third-order valence-electron chi connectivity index (χ3n) is 2.27. The van der Waals surface area contributed by atoms with Gasteiger partial charge in [-0.15, -0.1) is 0 Å². The van der Waals surface area contributed by atoms with E-state index in [9.17, 15) is 4.79 Å². The number of alkyl halides is 1. The van der Waals surface area contributed by atoms with Crippen molar-refractivity contribution in [3.8, 4) is 0 Å². The molecule has 0 saturated carbocycles. The number of hydrogen-bond acceptors (Lipinski definition) is 2. The molecule has 90 valence electrons. The molecule has 0 spiro atoms. The molecule has 0 aromatic rings. The largest absolute Gasteiger partial charge is 0.338 e. The van der Waals surface area contributed by atoms with Crippen LogP contribution in [0, 0.1) is 0 Å². The topological polar surface area (TPSA) is 23.6 Å². The Hall–Kier alpha value is -0.0900. The molecule has 1 unspecified atom stereocenters. The smallest absolute Gasteiger partial charge is 0.239 e. The van der Waals surface area contributed by atoms with E-state index >= 15 is 0 Å². The Morgan fingerprint density at radius 1 is 1.40 bits per heavy atom. The van der Waals surface area contributed by atoms with Crippen LogP contribution < -0.4 is 0 Å². The van der Waals surface area contributed by atoms with Crippen LogP contribution in [0.4, 0.5) is 0 Å². The van der Waals surface area contributed by atoms with Gasteiger partial charge < -0.3 is 9.80 Å². The molecule has 1 amide bonds. The summed E-state index contributed by atoms with van der Waals surface area (Å²) < 4.78 is -0.469. The second kappa shape index (κ2) is 5.85. The van der Waals surface area contributed by atoms with Gasteiger partial charge in [0.25, 0.3) is 0 Å². The molecular formula is C11H23BrN2O. The van der Waals surface area contributed by atoms with Crippen LogP contribution in [0.15, 0.2) is 0 Å². The first kappa shape index (κ1) is 14.9. The van der Waals surface area contributed by atoms with Crippen LogP contribution >= 0.6 is 15.9 Å². The maximum Gasteiger partial charge on any atom is 0.239 e. The SMILES string of the molecule is CCN(C(=O)C(C)(C)Br)C(C)CN(C)C. The van der Waals surface area contributed by atoms with Crippen molar-refractivity contribution in [2.45, 2.75) is 38.1 Å². The number of likely N-dealkylation sites (N-methyl/N-ethyl adjacent to an activating group) is 2. The molecule has 0 radical (unpaired) electrons. The fraction of sp³-hybridized carbons (Fsp3) is 0.909. The first-order chi connectivity index (χ1) is 6.70. The number of rotatable bonds is 5. The predicted octanol–water partition coefficient (Wildman–Crippen LogP) is 1.96. The Morgan fingerprint density at radius 3 is 2.13 bits per heavy atom. The Kier molecular flexibility index (Phi) is 5.81. The van der Waals surface area contributed by atoms with Gasteiger partial charge in [0.2, 0.25) is 5.91 Å². The Bertz CT molecular complexity index is 211. The highest BCUT2D eigenvalue weighted by Gasteiger charge is 2.30. The van der Waals surface area contributed by atoms with Gasteiger partial charge in [-0.25, -0.2) is 0 Å². The summed E-state index contributed by atoms with van der Waals surface area (Å²) in [5.41, 5.74) is 0. The van der Waals surface area contributed by atoms with Gasteiger partial charge in [0, 0.05) is 19.1 Å². The average Bonchev–Trinajstić information content (AvgIpc) is 2.01. The molecule has 15 heavy (non-hydrogen) atoms. The molecule has 0 bridgehead atoms. The molecule has 4 heteroatoms. The van der Waals surface area contributed by atoms with Gasteiger partial charge in [-0.2, -0.15) is 0 Å². The summed E-state index contributed by atoms with van der Waals surface area (Å²) in [6, 6.07) is 0.245. The lowest BCUT2D eigenvalue weighted by Crippen LogP contribution is -2.49. The fourth-order valence-electron chi connectivity index (χ4n) is 1.62. The Morgan fingerprint density at radius 2 is 1.87 bits per heavy atom. The van der Waals surface area contributed by atoms with Gasteiger partial charge in [-0.3, -0.25) is 4.79 Å². The van der Waals surface area contributed by atoms with E-state index < -0.39 is 4.32 Å². The first-order valence-electron chi connectivity index (χ1n) is 5.34. The molecule has 0 aliphatic rings. The molecule has 0 fully saturated rings. The molecule has 3 nitrogen and oxygen atoms in total. The number of carbonyl (C=O) groups is 1. The molecule has 0 aromatic carbocycles. The first-order valence-corrected chi connectivity index (χ1v) is 6.14. The molecule has 0 aliphatic carbocycles. The normalized spacial score (nSPS) is 14.1. The van der Waals surface area contributed by atoms with Crippen LogP contribution in [-0.4, -0.2) is 53.3 Å². The van der Waals surface area contributed by atoms with Crippen molar-refractivity contribution in [2.24, 2.45) is 0 Å². The number of carbonyl (C=O) groups excluding carboxylic acids is 1. The molecule has 0 N–H and O–H groups in total. The van der Waals surface area contributed by atoms with Crippen LogP contribution in [0.25, 0.3) is 0 Å². The van der Waals surface area contributed by atoms with Crippen LogP contribution in [0.1, 0.15) is 27.7 Å². The zero-order valence-electron chi connectivity index (χ0n) is 10.7. The summed E-state index contributed by atoms with van der Waals surface area (Å²) in [6.07, 6.45) is 0. The summed E-state index contributed by atoms with van der Waals surface area (Å²) in [4.78, 5) is 16.1. The van der Waals surface area contributed by atoms with E-state index in [4.69, 9.17) is 0 Å². The molecule has 0 aliphatic heterocycles. The van der Waals surface area contributed by atoms with Crippen molar-refractivity contribution < 1.29 is 4.79 Å². The zero-order valence-corrected chi connectivity index (χ0v) is 12.3. The second-order valence-corrected chi connectivity index (χ2v) is 6.66. The van der Waals surface area contributed by atoms with Gasteiger partial charge in [0.1, 0.15) is 0 Å². The van der Waals surface area contributed by atoms with E-state index in [-0.39, 0.29) is 11.9 Å². The van der Waals surface area contributed by atoms with E-state index in [1.54, 1.807) is 0 Å². The molecule has 0 saturated heterocycles. The van der Waals surface area contributed by atoms with E-state index in [0.29, 0.717) is 0 Å². The highest BCUT2D eigenvalue weighted by Crippen LogP contribution is 2.20. The molecule has 1 atom stereocenters. The lowest BCUT2D eigenvalue weighted by atomic mass is 10.1. The van der Waals surface area contributed by atoms with Crippen molar-refractivity contribution in [1.29, 1.82) is 0 Å². The number of nitrogens with zero attached hydrogens (tertiary/aromatic N) is 2. The maximum atomic E-state index is 12.1. The van der Waals surface area contributed by atoms with Crippen LogP contribution in [-0.2, 0) is 4.79 Å². The number of amides is 1. The number of halogens is 1. The minimum absolute atomic E-state index is 0.152. The van der Waals surface area contributed by atoms with Gasteiger partial charge in [0.05, 0.1) is 4.32 Å². The van der Waals surface area contributed by atoms with Crippen molar-refractivity contribution in [3.63, 3.8) is 0 Å². The summed E-state index contributed by atoms with van der Waals surface area (Å²) >= 11 is 3.42. The number of hydrogen-bond donors (Lipinski definition) is 0. The van der Waals surface area contributed by atoms with E-state index in [1.807, 2.05) is 39.8 Å². The monoisotopic (exact) mass is 278 g/mol. The van der Waals surface area contributed by atoms with Crippen molar-refractivity contribution in [2.75, 3.05) is 27.2 Å². The van der Waals surface area contributed by atoms with Gasteiger partial charge in [-0.1, -0.05) is 15.9 Å². The lowest BCUT2D eigenvalue weighted by molar-refractivity contribution is -0.134.